The molecule has 0 atom stereocenters. The molecule has 0 aliphatic carbocycles. The number of hydrogen-bond acceptors (Lipinski definition) is 0. The quantitative estimate of drug-likeness (QED) is 0.0339. The van der Waals surface area contributed by atoms with Gasteiger partial charge in [-0.15, -0.1) is 161 Å². The van der Waals surface area contributed by atoms with Gasteiger partial charge in [-0.25, -0.2) is 0 Å². The van der Waals surface area contributed by atoms with Gasteiger partial charge in [0.15, 0.2) is 0 Å². The molecule has 0 N–H and O–H groups in total. The second-order valence-electron chi connectivity index (χ2n) is 20.1. The Morgan fingerprint density at radius 1 is 0.263 bits per heavy atom. The van der Waals surface area contributed by atoms with Crippen LogP contribution in [0.4, 0.5) is 0 Å². The van der Waals surface area contributed by atoms with Crippen LogP contribution in [0.2, 0.25) is 0 Å². The fourth-order valence-corrected chi connectivity index (χ4v) is 20.7. The van der Waals surface area contributed by atoms with E-state index in [-0.39, 0.29) is 109 Å². The van der Waals surface area contributed by atoms with Crippen molar-refractivity contribution in [3.8, 4) is 0 Å². The van der Waals surface area contributed by atoms with E-state index in [0.29, 0.717) is 0 Å². The Labute approximate surface area is 521 Å². The van der Waals surface area contributed by atoms with Gasteiger partial charge in [-0.2, -0.15) is 24.3 Å². The van der Waals surface area contributed by atoms with Crippen LogP contribution >= 0.6 is 31.7 Å². The molecule has 0 aliphatic heterocycles. The molecular weight excluding hydrogens is 1190 g/mol. The van der Waals surface area contributed by atoms with Crippen LogP contribution in [-0.2, 0) is 52.4 Å². The van der Waals surface area contributed by atoms with E-state index in [9.17, 15) is 0 Å². The van der Waals surface area contributed by atoms with Crippen molar-refractivity contribution in [2.24, 2.45) is 0 Å². The number of halogens is 2. The summed E-state index contributed by atoms with van der Waals surface area (Å²) in [4.78, 5) is 0. The maximum atomic E-state index is 2.44. The van der Waals surface area contributed by atoms with Crippen molar-refractivity contribution >= 4 is 96.0 Å². The van der Waals surface area contributed by atoms with E-state index >= 15 is 0 Å². The fourth-order valence-electron chi connectivity index (χ4n) is 9.54. The summed E-state index contributed by atoms with van der Waals surface area (Å²) in [5.41, 5.74) is 0. The summed E-state index contributed by atoms with van der Waals surface area (Å²) >= 11 is 0. The molecule has 76 heavy (non-hydrogen) atoms. The topological polar surface area (TPSA) is 0 Å². The van der Waals surface area contributed by atoms with Gasteiger partial charge in [0.05, 0.1) is 0 Å². The third kappa shape index (κ3) is 25.3. The van der Waals surface area contributed by atoms with Crippen LogP contribution < -0.4 is 46.0 Å². The van der Waals surface area contributed by atoms with E-state index in [0.717, 1.165) is 0 Å². The first-order valence-electron chi connectivity index (χ1n) is 29.0. The Morgan fingerprint density at radius 3 is 0.566 bits per heavy atom. The molecule has 0 heterocycles. The molecule has 8 rings (SSSR count). The first kappa shape index (κ1) is 73.4. The predicted molar refractivity (Wildman–Crippen MR) is 343 cm³/mol. The van der Waals surface area contributed by atoms with Crippen LogP contribution in [0.5, 0.6) is 0 Å². The largest absolute Gasteiger partial charge is 2.00 e. The van der Waals surface area contributed by atoms with E-state index in [1.165, 1.54) is 195 Å². The standard InChI is InChI=1S/4C17H24P.2ClH.2Zr/c4*1-3-5-11-18(12-6-4-2)17-13-15-9-7-8-10-16(15)14-17;;;;/h4*7-10,13-14H,3-6,11-12H2,1-2H3;2*1H;;/q4*-1;;;2*+2/p-2. The summed E-state index contributed by atoms with van der Waals surface area (Å²) in [5, 5.41) is 17.9. The molecule has 0 unspecified atom stereocenters. The minimum absolute atomic E-state index is 0. The third-order valence-electron chi connectivity index (χ3n) is 14.1. The molecule has 412 valence electrons. The molecule has 0 nitrogen and oxygen atoms in total. The van der Waals surface area contributed by atoms with Crippen molar-refractivity contribution in [3.05, 3.63) is 146 Å². The molecular formula is C68H96Cl2P4Zr2-2. The van der Waals surface area contributed by atoms with Gasteiger partial charge in [0, 0.05) is 0 Å². The Hall–Kier alpha value is -0.614. The van der Waals surface area contributed by atoms with Gasteiger partial charge in [0.1, 0.15) is 0 Å². The van der Waals surface area contributed by atoms with Crippen LogP contribution in [-0.4, -0.2) is 49.3 Å². The summed E-state index contributed by atoms with van der Waals surface area (Å²) in [7, 11) is 0.343. The number of hydrogen-bond donors (Lipinski definition) is 0. The number of fused-ring (bicyclic) bond motifs is 4. The molecule has 0 aliphatic rings. The van der Waals surface area contributed by atoms with Crippen molar-refractivity contribution in [1.29, 1.82) is 0 Å². The zero-order valence-electron chi connectivity index (χ0n) is 48.4. The molecule has 0 saturated carbocycles. The maximum absolute atomic E-state index is 2.44. The molecule has 0 saturated heterocycles. The summed E-state index contributed by atoms with van der Waals surface area (Å²) in [6, 6.07) is 54.6. The minimum atomic E-state index is 0. The van der Waals surface area contributed by atoms with Crippen molar-refractivity contribution in [2.45, 2.75) is 158 Å². The van der Waals surface area contributed by atoms with Crippen molar-refractivity contribution in [3.63, 3.8) is 0 Å². The molecule has 0 spiro atoms. The van der Waals surface area contributed by atoms with E-state index in [1.807, 2.05) is 0 Å². The van der Waals surface area contributed by atoms with Gasteiger partial charge >= 0.3 is 52.4 Å². The van der Waals surface area contributed by atoms with E-state index in [4.69, 9.17) is 0 Å². The molecule has 8 heteroatoms. The second-order valence-corrected chi connectivity index (χ2v) is 30.1. The fraction of sp³-hybridized carbons (Fsp3) is 0.471. The second kappa shape index (κ2) is 44.0. The first-order chi connectivity index (χ1) is 35.4. The molecule has 0 radical (unpaired) electrons. The van der Waals surface area contributed by atoms with Crippen LogP contribution in [0.15, 0.2) is 146 Å². The van der Waals surface area contributed by atoms with E-state index in [1.54, 1.807) is 21.2 Å². The van der Waals surface area contributed by atoms with Gasteiger partial charge < -0.3 is 24.8 Å². The summed E-state index contributed by atoms with van der Waals surface area (Å²) in [6.07, 6.45) is 33.0. The first-order valence-corrected chi connectivity index (χ1v) is 35.9. The third-order valence-corrected chi connectivity index (χ3v) is 24.9. The van der Waals surface area contributed by atoms with Gasteiger partial charge in [-0.3, -0.25) is 0 Å². The van der Waals surface area contributed by atoms with Gasteiger partial charge in [0.2, 0.25) is 0 Å². The van der Waals surface area contributed by atoms with Gasteiger partial charge in [0.25, 0.3) is 0 Å². The van der Waals surface area contributed by atoms with Crippen LogP contribution in [0.3, 0.4) is 0 Å². The average Bonchev–Trinajstić information content (AvgIpc) is 4.24. The van der Waals surface area contributed by atoms with Gasteiger partial charge in [-0.05, 0) is 101 Å². The summed E-state index contributed by atoms with van der Waals surface area (Å²) in [5.74, 6) is 0. The number of unbranched alkanes of at least 4 members (excludes halogenated alkanes) is 8. The zero-order chi connectivity index (χ0) is 51.2. The molecule has 0 amide bonds. The summed E-state index contributed by atoms with van der Waals surface area (Å²) < 4.78 is 0. The molecule has 0 bridgehead atoms. The van der Waals surface area contributed by atoms with E-state index < -0.39 is 0 Å². The van der Waals surface area contributed by atoms with Crippen LogP contribution in [0, 0.1) is 0 Å². The summed E-state index contributed by atoms with van der Waals surface area (Å²) in [6.45, 7) is 18.4. The SMILES string of the molecule is CCCCP(CCCC)c1cc2ccccc2[cH-]1.CCCCP(CCCC)c1cc2ccccc2[cH-]1.CCCCP(CCCC)c1cc2ccccc2[cH-]1.CCCCP(CCCC)c1cc2ccccc2[cH-]1.[Cl-].[Cl-].[Zr+2].[Zr+2]. The maximum Gasteiger partial charge on any atom is 2.00 e. The Morgan fingerprint density at radius 2 is 0.421 bits per heavy atom. The van der Waals surface area contributed by atoms with Crippen LogP contribution in [0.1, 0.15) is 158 Å². The molecule has 0 aromatic heterocycles. The Kier molecular flexibility index (Phi) is 42.5. The van der Waals surface area contributed by atoms with Crippen molar-refractivity contribution in [2.75, 3.05) is 49.3 Å². The van der Waals surface area contributed by atoms with Crippen molar-refractivity contribution in [1.82, 2.24) is 0 Å². The normalized spacial score (nSPS) is 10.9. The van der Waals surface area contributed by atoms with Crippen molar-refractivity contribution < 1.29 is 77.2 Å². The molecule has 8 aromatic carbocycles. The smallest absolute Gasteiger partial charge is 1.00 e. The zero-order valence-corrected chi connectivity index (χ0v) is 58.4. The Bertz CT molecular complexity index is 2100. The van der Waals surface area contributed by atoms with Crippen LogP contribution in [0.25, 0.3) is 43.1 Å². The van der Waals surface area contributed by atoms with E-state index in [2.05, 4.69) is 201 Å². The number of rotatable bonds is 28. The Balaban J connectivity index is 0.000000498. The minimum Gasteiger partial charge on any atom is -1.00 e. The number of benzene rings is 4. The monoisotopic (exact) mass is 1290 g/mol. The average molecular weight is 1290 g/mol. The van der Waals surface area contributed by atoms with Gasteiger partial charge in [-0.1, -0.05) is 163 Å². The molecule has 0 fully saturated rings. The predicted octanol–water partition coefficient (Wildman–Crippen LogP) is 15.1. The molecule has 8 aromatic rings.